The van der Waals surface area contributed by atoms with E-state index in [0.29, 0.717) is 34.1 Å². The van der Waals surface area contributed by atoms with E-state index in [9.17, 15) is 4.79 Å². The summed E-state index contributed by atoms with van der Waals surface area (Å²) in [6.07, 6.45) is 6.90. The van der Waals surface area contributed by atoms with Gasteiger partial charge in [0.1, 0.15) is 5.76 Å². The van der Waals surface area contributed by atoms with Crippen molar-refractivity contribution in [2.24, 2.45) is 0 Å². The number of para-hydroxylation sites is 1. The molecule has 0 N–H and O–H groups in total. The first-order valence-electron chi connectivity index (χ1n) is 6.38. The highest BCUT2D eigenvalue weighted by molar-refractivity contribution is 7.99. The van der Waals surface area contributed by atoms with Gasteiger partial charge in [-0.15, -0.1) is 6.42 Å². The van der Waals surface area contributed by atoms with E-state index >= 15 is 0 Å². The van der Waals surface area contributed by atoms with Crippen LogP contribution in [0.25, 0.3) is 10.9 Å². The third kappa shape index (κ3) is 2.71. The molecule has 21 heavy (non-hydrogen) atoms. The Bertz CT molecular complexity index is 860. The monoisotopic (exact) mass is 296 g/mol. The quantitative estimate of drug-likeness (QED) is 0.422. The van der Waals surface area contributed by atoms with Crippen LogP contribution in [0.5, 0.6) is 0 Å². The maximum absolute atomic E-state index is 12.7. The van der Waals surface area contributed by atoms with E-state index in [1.165, 1.54) is 11.8 Å². The number of fused-ring (bicyclic) bond motifs is 1. The Morgan fingerprint density at radius 2 is 2.14 bits per heavy atom. The lowest BCUT2D eigenvalue weighted by Crippen LogP contribution is -2.23. The lowest BCUT2D eigenvalue weighted by atomic mass is 10.2. The van der Waals surface area contributed by atoms with Crippen LogP contribution in [0.15, 0.2) is 57.0 Å². The highest BCUT2D eigenvalue weighted by Crippen LogP contribution is 2.18. The Labute approximate surface area is 125 Å². The van der Waals surface area contributed by atoms with Gasteiger partial charge in [-0.05, 0) is 24.3 Å². The molecule has 0 aliphatic rings. The summed E-state index contributed by atoms with van der Waals surface area (Å²) in [7, 11) is 0. The molecule has 3 rings (SSSR count). The van der Waals surface area contributed by atoms with Crippen molar-refractivity contribution in [3.05, 3.63) is 58.8 Å². The number of terminal acetylenes is 1. The number of benzene rings is 1. The molecule has 0 saturated heterocycles. The highest BCUT2D eigenvalue weighted by atomic mass is 32.2. The van der Waals surface area contributed by atoms with Crippen LogP contribution in [0, 0.1) is 12.3 Å². The van der Waals surface area contributed by atoms with Gasteiger partial charge in [-0.2, -0.15) is 0 Å². The number of aromatic nitrogens is 2. The largest absolute Gasteiger partial charge is 0.467 e. The molecule has 3 aromatic rings. The zero-order valence-corrected chi connectivity index (χ0v) is 12.0. The van der Waals surface area contributed by atoms with Gasteiger partial charge >= 0.3 is 0 Å². The Balaban J connectivity index is 2.16. The highest BCUT2D eigenvalue weighted by Gasteiger charge is 2.12. The second kappa shape index (κ2) is 5.90. The van der Waals surface area contributed by atoms with Crippen LogP contribution in [0.1, 0.15) is 5.76 Å². The lowest BCUT2D eigenvalue weighted by molar-refractivity contribution is 0.476. The summed E-state index contributed by atoms with van der Waals surface area (Å²) in [4.78, 5) is 17.2. The van der Waals surface area contributed by atoms with Crippen LogP contribution in [-0.4, -0.2) is 15.3 Å². The summed E-state index contributed by atoms with van der Waals surface area (Å²) in [5.41, 5.74) is 0.592. The normalized spacial score (nSPS) is 10.6. The van der Waals surface area contributed by atoms with Gasteiger partial charge in [0.25, 0.3) is 5.56 Å². The SMILES string of the molecule is C#CCSc1nc2ccccc2c(=O)n1Cc1ccco1. The molecule has 0 radical (unpaired) electrons. The van der Waals surface area contributed by atoms with Crippen molar-refractivity contribution >= 4 is 22.7 Å². The Morgan fingerprint density at radius 3 is 2.90 bits per heavy atom. The van der Waals surface area contributed by atoms with Gasteiger partial charge in [0.05, 0.1) is 29.5 Å². The van der Waals surface area contributed by atoms with Gasteiger partial charge in [-0.1, -0.05) is 29.8 Å². The lowest BCUT2D eigenvalue weighted by Gasteiger charge is -2.11. The summed E-state index contributed by atoms with van der Waals surface area (Å²) in [5, 5.41) is 1.20. The maximum Gasteiger partial charge on any atom is 0.262 e. The van der Waals surface area contributed by atoms with E-state index in [1.54, 1.807) is 23.0 Å². The number of furan rings is 1. The molecule has 1 aromatic carbocycles. The summed E-state index contributed by atoms with van der Waals surface area (Å²) < 4.78 is 6.93. The topological polar surface area (TPSA) is 48.0 Å². The average Bonchev–Trinajstić information content (AvgIpc) is 3.01. The van der Waals surface area contributed by atoms with E-state index in [2.05, 4.69) is 10.9 Å². The van der Waals surface area contributed by atoms with Crippen LogP contribution in [0.4, 0.5) is 0 Å². The first-order chi connectivity index (χ1) is 10.3. The molecule has 0 spiro atoms. The molecule has 0 aliphatic carbocycles. The molecule has 104 valence electrons. The minimum atomic E-state index is -0.0866. The maximum atomic E-state index is 12.7. The number of nitrogens with zero attached hydrogens (tertiary/aromatic N) is 2. The molecule has 0 fully saturated rings. The predicted octanol–water partition coefficient (Wildman–Crippen LogP) is 2.76. The summed E-state index contributed by atoms with van der Waals surface area (Å²) >= 11 is 1.37. The van der Waals surface area contributed by atoms with Crippen LogP contribution in [-0.2, 0) is 6.54 Å². The van der Waals surface area contributed by atoms with E-state index in [-0.39, 0.29) is 5.56 Å². The summed E-state index contributed by atoms with van der Waals surface area (Å²) in [5.74, 6) is 3.72. The van der Waals surface area contributed by atoms with Gasteiger partial charge in [0.15, 0.2) is 5.16 Å². The van der Waals surface area contributed by atoms with Crippen LogP contribution < -0.4 is 5.56 Å². The Morgan fingerprint density at radius 1 is 1.29 bits per heavy atom. The molecule has 2 aromatic heterocycles. The Hall–Kier alpha value is -2.45. The fraction of sp³-hybridized carbons (Fsp3) is 0.125. The molecular formula is C16H12N2O2S. The Kier molecular flexibility index (Phi) is 3.80. The molecule has 4 nitrogen and oxygen atoms in total. The van der Waals surface area contributed by atoms with Crippen LogP contribution >= 0.6 is 11.8 Å². The van der Waals surface area contributed by atoms with Gasteiger partial charge in [-0.25, -0.2) is 4.98 Å². The summed E-state index contributed by atoms with van der Waals surface area (Å²) in [6, 6.07) is 10.9. The van der Waals surface area contributed by atoms with Crippen molar-refractivity contribution in [1.29, 1.82) is 0 Å². The van der Waals surface area contributed by atoms with Crippen molar-refractivity contribution in [3.63, 3.8) is 0 Å². The van der Waals surface area contributed by atoms with Gasteiger partial charge in [-0.3, -0.25) is 9.36 Å². The smallest absolute Gasteiger partial charge is 0.262 e. The molecule has 5 heteroatoms. The number of thioether (sulfide) groups is 1. The fourth-order valence-electron chi connectivity index (χ4n) is 2.06. The van der Waals surface area contributed by atoms with Gasteiger partial charge in [0, 0.05) is 0 Å². The zero-order chi connectivity index (χ0) is 14.7. The number of hydrogen-bond acceptors (Lipinski definition) is 4. The molecule has 0 amide bonds. The van der Waals surface area contributed by atoms with E-state index in [4.69, 9.17) is 10.8 Å². The second-order valence-electron chi connectivity index (χ2n) is 4.37. The predicted molar refractivity (Wildman–Crippen MR) is 83.4 cm³/mol. The minimum Gasteiger partial charge on any atom is -0.467 e. The van der Waals surface area contributed by atoms with Crippen molar-refractivity contribution in [2.45, 2.75) is 11.7 Å². The minimum absolute atomic E-state index is 0.0866. The average molecular weight is 296 g/mol. The number of hydrogen-bond donors (Lipinski definition) is 0. The van der Waals surface area contributed by atoms with Crippen molar-refractivity contribution in [2.75, 3.05) is 5.75 Å². The molecule has 0 saturated carbocycles. The third-order valence-corrected chi connectivity index (χ3v) is 3.89. The van der Waals surface area contributed by atoms with E-state index < -0.39 is 0 Å². The van der Waals surface area contributed by atoms with E-state index in [1.807, 2.05) is 24.3 Å². The van der Waals surface area contributed by atoms with Crippen LogP contribution in [0.3, 0.4) is 0 Å². The molecular weight excluding hydrogens is 284 g/mol. The molecule has 2 heterocycles. The molecule has 0 bridgehead atoms. The molecule has 0 unspecified atom stereocenters. The number of rotatable bonds is 4. The van der Waals surface area contributed by atoms with Crippen molar-refractivity contribution in [3.8, 4) is 12.3 Å². The zero-order valence-electron chi connectivity index (χ0n) is 11.2. The first-order valence-corrected chi connectivity index (χ1v) is 7.36. The van der Waals surface area contributed by atoms with E-state index in [0.717, 1.165) is 0 Å². The van der Waals surface area contributed by atoms with Crippen LogP contribution in [0.2, 0.25) is 0 Å². The van der Waals surface area contributed by atoms with Crippen molar-refractivity contribution in [1.82, 2.24) is 9.55 Å². The standard InChI is InChI=1S/C16H12N2O2S/c1-2-10-21-16-17-14-8-4-3-7-13(14)15(19)18(16)11-12-6-5-9-20-12/h1,3-9H,10-11H2. The molecule has 0 atom stereocenters. The molecule has 0 aliphatic heterocycles. The first kappa shape index (κ1) is 13.5. The third-order valence-electron chi connectivity index (χ3n) is 3.01. The van der Waals surface area contributed by atoms with Gasteiger partial charge in [0.2, 0.25) is 0 Å². The fourth-order valence-corrected chi connectivity index (χ4v) is 2.74. The summed E-state index contributed by atoms with van der Waals surface area (Å²) in [6.45, 7) is 0.344. The second-order valence-corrected chi connectivity index (χ2v) is 5.32. The van der Waals surface area contributed by atoms with Gasteiger partial charge < -0.3 is 4.42 Å². The van der Waals surface area contributed by atoms with Crippen molar-refractivity contribution < 1.29 is 4.42 Å².